The Labute approximate surface area is 127 Å². The molecular formula is C13H14Cl2N4O. The van der Waals surface area contributed by atoms with Gasteiger partial charge < -0.3 is 10.1 Å². The van der Waals surface area contributed by atoms with Crippen molar-refractivity contribution in [2.45, 2.75) is 13.3 Å². The molecular weight excluding hydrogens is 299 g/mol. The normalized spacial score (nSPS) is 10.4. The van der Waals surface area contributed by atoms with E-state index < -0.39 is 0 Å². The topological polar surface area (TPSA) is 59.9 Å². The molecule has 5 nitrogen and oxygen atoms in total. The molecule has 0 aliphatic carbocycles. The second kappa shape index (κ2) is 6.72. The van der Waals surface area contributed by atoms with Crippen molar-refractivity contribution in [2.24, 2.45) is 0 Å². The van der Waals surface area contributed by atoms with Crippen LogP contribution < -0.4 is 10.1 Å². The van der Waals surface area contributed by atoms with E-state index in [0.717, 1.165) is 6.42 Å². The van der Waals surface area contributed by atoms with Crippen LogP contribution in [-0.4, -0.2) is 28.6 Å². The lowest BCUT2D eigenvalue weighted by Crippen LogP contribution is -2.06. The average molecular weight is 313 g/mol. The summed E-state index contributed by atoms with van der Waals surface area (Å²) in [5.41, 5.74) is 0.638. The molecule has 7 heteroatoms. The van der Waals surface area contributed by atoms with Crippen molar-refractivity contribution in [3.05, 3.63) is 28.2 Å². The van der Waals surface area contributed by atoms with Gasteiger partial charge in [0.2, 0.25) is 5.95 Å². The first kappa shape index (κ1) is 14.8. The SMILES string of the molecule is CCCOc1nc(NC)nc(-c2cc(Cl)ccc2Cl)n1. The Morgan fingerprint density at radius 3 is 2.70 bits per heavy atom. The van der Waals surface area contributed by atoms with Crippen LogP contribution in [-0.2, 0) is 0 Å². The number of benzene rings is 1. The molecule has 2 rings (SSSR count). The van der Waals surface area contributed by atoms with E-state index in [-0.39, 0.29) is 6.01 Å². The summed E-state index contributed by atoms with van der Waals surface area (Å²) < 4.78 is 5.45. The highest BCUT2D eigenvalue weighted by Crippen LogP contribution is 2.29. The maximum atomic E-state index is 6.16. The fourth-order valence-corrected chi connectivity index (χ4v) is 1.89. The Hall–Kier alpha value is -1.59. The number of nitrogens with one attached hydrogen (secondary N) is 1. The minimum atomic E-state index is 0.261. The van der Waals surface area contributed by atoms with E-state index in [2.05, 4.69) is 20.3 Å². The quantitative estimate of drug-likeness (QED) is 0.912. The summed E-state index contributed by atoms with van der Waals surface area (Å²) in [5, 5.41) is 3.95. The maximum Gasteiger partial charge on any atom is 0.321 e. The van der Waals surface area contributed by atoms with Crippen molar-refractivity contribution in [1.82, 2.24) is 15.0 Å². The van der Waals surface area contributed by atoms with E-state index in [1.807, 2.05) is 6.92 Å². The predicted molar refractivity (Wildman–Crippen MR) is 80.6 cm³/mol. The summed E-state index contributed by atoms with van der Waals surface area (Å²) in [4.78, 5) is 12.7. The second-order valence-electron chi connectivity index (χ2n) is 3.99. The Morgan fingerprint density at radius 1 is 1.20 bits per heavy atom. The second-order valence-corrected chi connectivity index (χ2v) is 4.83. The highest BCUT2D eigenvalue weighted by Gasteiger charge is 2.12. The van der Waals surface area contributed by atoms with E-state index in [9.17, 15) is 0 Å². The summed E-state index contributed by atoms with van der Waals surface area (Å²) in [7, 11) is 1.72. The molecule has 0 aliphatic rings. The number of halogens is 2. The number of hydrogen-bond acceptors (Lipinski definition) is 5. The van der Waals surface area contributed by atoms with Gasteiger partial charge in [0.1, 0.15) is 0 Å². The maximum absolute atomic E-state index is 6.16. The van der Waals surface area contributed by atoms with E-state index >= 15 is 0 Å². The Balaban J connectivity index is 2.46. The van der Waals surface area contributed by atoms with Crippen LogP contribution in [0.4, 0.5) is 5.95 Å². The zero-order valence-corrected chi connectivity index (χ0v) is 12.7. The molecule has 1 aromatic heterocycles. The molecule has 2 aromatic rings. The van der Waals surface area contributed by atoms with Crippen molar-refractivity contribution < 1.29 is 4.74 Å². The van der Waals surface area contributed by atoms with E-state index in [0.29, 0.717) is 34.0 Å². The first-order valence-electron chi connectivity index (χ1n) is 6.16. The van der Waals surface area contributed by atoms with Gasteiger partial charge in [-0.15, -0.1) is 0 Å². The average Bonchev–Trinajstić information content (AvgIpc) is 2.47. The zero-order valence-electron chi connectivity index (χ0n) is 11.2. The minimum Gasteiger partial charge on any atom is -0.463 e. The van der Waals surface area contributed by atoms with Gasteiger partial charge in [0, 0.05) is 17.6 Å². The van der Waals surface area contributed by atoms with E-state index in [4.69, 9.17) is 27.9 Å². The van der Waals surface area contributed by atoms with E-state index in [1.54, 1.807) is 25.2 Å². The van der Waals surface area contributed by atoms with Gasteiger partial charge in [-0.3, -0.25) is 0 Å². The van der Waals surface area contributed by atoms with Crippen LogP contribution in [0.1, 0.15) is 13.3 Å². The summed E-state index contributed by atoms with van der Waals surface area (Å²) in [6.07, 6.45) is 0.869. The number of rotatable bonds is 5. The Bertz CT molecular complexity index is 607. The lowest BCUT2D eigenvalue weighted by molar-refractivity contribution is 0.292. The number of anilines is 1. The van der Waals surface area contributed by atoms with Crippen LogP contribution in [0.5, 0.6) is 6.01 Å². The van der Waals surface area contributed by atoms with Gasteiger partial charge in [-0.1, -0.05) is 30.1 Å². The van der Waals surface area contributed by atoms with Crippen LogP contribution in [0.25, 0.3) is 11.4 Å². The van der Waals surface area contributed by atoms with Gasteiger partial charge in [-0.2, -0.15) is 15.0 Å². The standard InChI is InChI=1S/C13H14Cl2N4O/c1-3-6-20-13-18-11(17-12(16-2)19-13)9-7-8(14)4-5-10(9)15/h4-5,7H,3,6H2,1-2H3,(H,16,17,18,19). The molecule has 0 saturated carbocycles. The van der Waals surface area contributed by atoms with Gasteiger partial charge in [-0.05, 0) is 24.6 Å². The summed E-state index contributed by atoms with van der Waals surface area (Å²) >= 11 is 12.1. The predicted octanol–water partition coefficient (Wildman–Crippen LogP) is 3.68. The Kier molecular flexibility index (Phi) is 4.98. The van der Waals surface area contributed by atoms with Crippen LogP contribution in [0.15, 0.2) is 18.2 Å². The first-order valence-corrected chi connectivity index (χ1v) is 6.91. The molecule has 106 valence electrons. The largest absolute Gasteiger partial charge is 0.463 e. The lowest BCUT2D eigenvalue weighted by atomic mass is 10.2. The van der Waals surface area contributed by atoms with E-state index in [1.165, 1.54) is 0 Å². The molecule has 0 spiro atoms. The molecule has 0 saturated heterocycles. The number of nitrogens with zero attached hydrogens (tertiary/aromatic N) is 3. The molecule has 0 amide bonds. The smallest absolute Gasteiger partial charge is 0.321 e. The molecule has 1 N–H and O–H groups in total. The highest BCUT2D eigenvalue weighted by molar-refractivity contribution is 6.35. The molecule has 1 aromatic carbocycles. The zero-order chi connectivity index (χ0) is 14.5. The number of hydrogen-bond donors (Lipinski definition) is 1. The van der Waals surface area contributed by atoms with Crippen molar-refractivity contribution in [3.8, 4) is 17.4 Å². The van der Waals surface area contributed by atoms with Gasteiger partial charge in [0.25, 0.3) is 0 Å². The molecule has 0 aliphatic heterocycles. The van der Waals surface area contributed by atoms with Gasteiger partial charge >= 0.3 is 6.01 Å². The minimum absolute atomic E-state index is 0.261. The Morgan fingerprint density at radius 2 is 2.00 bits per heavy atom. The van der Waals surface area contributed by atoms with Crippen molar-refractivity contribution in [3.63, 3.8) is 0 Å². The highest BCUT2D eigenvalue weighted by atomic mass is 35.5. The summed E-state index contributed by atoms with van der Waals surface area (Å²) in [6.45, 7) is 2.55. The molecule has 0 fully saturated rings. The van der Waals surface area contributed by atoms with Crippen molar-refractivity contribution >= 4 is 29.2 Å². The van der Waals surface area contributed by atoms with Crippen LogP contribution in [0, 0.1) is 0 Å². The van der Waals surface area contributed by atoms with Crippen LogP contribution in [0.3, 0.4) is 0 Å². The summed E-state index contributed by atoms with van der Waals surface area (Å²) in [5.74, 6) is 0.833. The van der Waals surface area contributed by atoms with Gasteiger partial charge in [-0.25, -0.2) is 0 Å². The molecule has 0 radical (unpaired) electrons. The van der Waals surface area contributed by atoms with Crippen molar-refractivity contribution in [2.75, 3.05) is 19.0 Å². The molecule has 0 bridgehead atoms. The van der Waals surface area contributed by atoms with Gasteiger partial charge in [0.05, 0.1) is 11.6 Å². The van der Waals surface area contributed by atoms with Gasteiger partial charge in [0.15, 0.2) is 5.82 Å². The fraction of sp³-hybridized carbons (Fsp3) is 0.308. The third-order valence-corrected chi connectivity index (χ3v) is 3.01. The lowest BCUT2D eigenvalue weighted by Gasteiger charge is -2.08. The monoisotopic (exact) mass is 312 g/mol. The number of ether oxygens (including phenoxy) is 1. The molecule has 0 unspecified atom stereocenters. The fourth-order valence-electron chi connectivity index (χ4n) is 1.52. The molecule has 0 atom stereocenters. The third-order valence-electron chi connectivity index (χ3n) is 2.44. The third kappa shape index (κ3) is 3.49. The summed E-state index contributed by atoms with van der Waals surface area (Å²) in [6, 6.07) is 5.39. The van der Waals surface area contributed by atoms with Crippen LogP contribution in [0.2, 0.25) is 10.0 Å². The molecule has 20 heavy (non-hydrogen) atoms. The van der Waals surface area contributed by atoms with Crippen molar-refractivity contribution in [1.29, 1.82) is 0 Å². The first-order chi connectivity index (χ1) is 9.63. The number of aromatic nitrogens is 3. The van der Waals surface area contributed by atoms with Crippen LogP contribution >= 0.6 is 23.2 Å². The molecule has 1 heterocycles.